The van der Waals surface area contributed by atoms with Crippen molar-refractivity contribution in [3.63, 3.8) is 0 Å². The van der Waals surface area contributed by atoms with E-state index in [0.29, 0.717) is 19.3 Å². The lowest BCUT2D eigenvalue weighted by atomic mass is 9.87. The number of benzene rings is 2. The van der Waals surface area contributed by atoms with Gasteiger partial charge in [0.05, 0.1) is 19.6 Å². The second-order valence-electron chi connectivity index (χ2n) is 10.8. The molecule has 1 unspecified atom stereocenters. The van der Waals surface area contributed by atoms with Crippen LogP contribution in [0.4, 0.5) is 0 Å². The van der Waals surface area contributed by atoms with Crippen molar-refractivity contribution in [3.8, 4) is 0 Å². The molecular formula is C29H37N2O8P. The van der Waals surface area contributed by atoms with E-state index in [9.17, 15) is 18.9 Å². The van der Waals surface area contributed by atoms with Crippen molar-refractivity contribution in [2.24, 2.45) is 5.41 Å². The van der Waals surface area contributed by atoms with E-state index < -0.39 is 43.2 Å². The molecular weight excluding hydrogens is 535 g/mol. The van der Waals surface area contributed by atoms with E-state index in [2.05, 4.69) is 10.4 Å². The fourth-order valence-corrected chi connectivity index (χ4v) is 6.60. The fraction of sp³-hybridized carbons (Fsp3) is 0.483. The topological polar surface area (TPSA) is 129 Å². The highest BCUT2D eigenvalue weighted by Gasteiger charge is 2.49. The van der Waals surface area contributed by atoms with E-state index in [0.717, 1.165) is 5.56 Å². The van der Waals surface area contributed by atoms with Crippen molar-refractivity contribution in [3.05, 3.63) is 71.3 Å². The largest absolute Gasteiger partial charge is 0.464 e. The molecule has 0 radical (unpaired) electrons. The van der Waals surface area contributed by atoms with Crippen molar-refractivity contribution in [1.82, 2.24) is 10.4 Å². The molecule has 11 heteroatoms. The van der Waals surface area contributed by atoms with Gasteiger partial charge in [-0.2, -0.15) is 0 Å². The molecule has 0 saturated carbocycles. The Morgan fingerprint density at radius 1 is 1.05 bits per heavy atom. The predicted octanol–water partition coefficient (Wildman–Crippen LogP) is 3.52. The van der Waals surface area contributed by atoms with E-state index in [-0.39, 0.29) is 32.3 Å². The van der Waals surface area contributed by atoms with Gasteiger partial charge in [-0.15, -0.1) is 0 Å². The molecule has 4 rings (SSSR count). The third kappa shape index (κ3) is 8.01. The number of hydrogen-bond donors (Lipinski definition) is 2. The minimum atomic E-state index is -4.01. The van der Waals surface area contributed by atoms with E-state index in [1.54, 1.807) is 13.8 Å². The molecule has 2 aromatic carbocycles. The van der Waals surface area contributed by atoms with Crippen LogP contribution in [0.15, 0.2) is 54.6 Å². The number of hydrogen-bond acceptors (Lipinski definition) is 8. The van der Waals surface area contributed by atoms with Gasteiger partial charge in [-0.3, -0.25) is 23.4 Å². The van der Waals surface area contributed by atoms with Crippen LogP contribution in [-0.4, -0.2) is 55.9 Å². The minimum absolute atomic E-state index is 0.00992. The summed E-state index contributed by atoms with van der Waals surface area (Å²) in [5.41, 5.74) is 2.58. The van der Waals surface area contributed by atoms with Gasteiger partial charge >= 0.3 is 19.7 Å². The first-order chi connectivity index (χ1) is 19.0. The summed E-state index contributed by atoms with van der Waals surface area (Å²) in [6, 6.07) is 16.6. The Bertz CT molecular complexity index is 1230. The molecule has 40 heavy (non-hydrogen) atoms. The van der Waals surface area contributed by atoms with E-state index in [1.807, 2.05) is 54.6 Å². The van der Waals surface area contributed by atoms with Gasteiger partial charge in [-0.1, -0.05) is 68.4 Å². The van der Waals surface area contributed by atoms with Gasteiger partial charge in [-0.05, 0) is 23.6 Å². The molecule has 0 spiro atoms. The molecule has 0 aromatic heterocycles. The van der Waals surface area contributed by atoms with E-state index in [4.69, 9.17) is 18.5 Å². The SMILES string of the molecule is C[C@H](NP1(=O)OCC(C)(C)[C@H](C(=O)NCCC(=O)OC2Cc3ccccc3C2)O1)C(=O)OCCc1ccccc1. The number of carbonyl (C=O) groups is 3. The van der Waals surface area contributed by atoms with Gasteiger partial charge in [0.1, 0.15) is 12.1 Å². The molecule has 216 valence electrons. The van der Waals surface area contributed by atoms with Crippen molar-refractivity contribution < 1.29 is 37.5 Å². The van der Waals surface area contributed by atoms with Crippen LogP contribution in [0, 0.1) is 5.41 Å². The van der Waals surface area contributed by atoms with Gasteiger partial charge in [0.15, 0.2) is 6.10 Å². The highest BCUT2D eigenvalue weighted by molar-refractivity contribution is 7.51. The highest BCUT2D eigenvalue weighted by Crippen LogP contribution is 2.53. The summed E-state index contributed by atoms with van der Waals surface area (Å²) < 4.78 is 35.3. The lowest BCUT2D eigenvalue weighted by Gasteiger charge is -2.40. The van der Waals surface area contributed by atoms with E-state index in [1.165, 1.54) is 18.1 Å². The summed E-state index contributed by atoms with van der Waals surface area (Å²) in [7, 11) is -4.01. The summed E-state index contributed by atoms with van der Waals surface area (Å²) in [4.78, 5) is 37.8. The monoisotopic (exact) mass is 572 g/mol. The van der Waals surface area contributed by atoms with Crippen molar-refractivity contribution in [2.45, 2.75) is 64.7 Å². The molecule has 2 aliphatic rings. The average Bonchev–Trinajstić information content (AvgIpc) is 3.33. The van der Waals surface area contributed by atoms with Gasteiger partial charge < -0.3 is 14.8 Å². The lowest BCUT2D eigenvalue weighted by Crippen LogP contribution is -2.51. The van der Waals surface area contributed by atoms with Crippen molar-refractivity contribution in [2.75, 3.05) is 19.8 Å². The molecule has 1 fully saturated rings. The van der Waals surface area contributed by atoms with Gasteiger partial charge in [0.25, 0.3) is 0 Å². The molecule has 2 aromatic rings. The van der Waals surface area contributed by atoms with Crippen LogP contribution >= 0.6 is 7.75 Å². The maximum absolute atomic E-state index is 13.3. The second-order valence-corrected chi connectivity index (χ2v) is 12.6. The minimum Gasteiger partial charge on any atom is -0.464 e. The van der Waals surface area contributed by atoms with E-state index >= 15 is 0 Å². The maximum atomic E-state index is 13.3. The number of nitrogens with one attached hydrogen (secondary N) is 2. The second kappa shape index (κ2) is 13.1. The standard InChI is InChI=1S/C29H37N2O8P/c1-20(28(34)36-16-14-21-9-5-4-6-10-21)31-40(35)37-19-29(2,3)26(39-40)27(33)30-15-13-25(32)38-24-17-22-11-7-8-12-23(22)18-24/h4-12,20,24,26H,13-19H2,1-3H3,(H,30,33)(H,31,35)/t20-,26-,40?/m0/s1. The molecule has 1 saturated heterocycles. The lowest BCUT2D eigenvalue weighted by molar-refractivity contribution is -0.148. The van der Waals surface area contributed by atoms with Crippen molar-refractivity contribution in [1.29, 1.82) is 0 Å². The Morgan fingerprint density at radius 2 is 1.70 bits per heavy atom. The molecule has 1 aliphatic heterocycles. The Morgan fingerprint density at radius 3 is 2.38 bits per heavy atom. The average molecular weight is 573 g/mol. The highest BCUT2D eigenvalue weighted by atomic mass is 31.2. The first-order valence-electron chi connectivity index (χ1n) is 13.5. The smallest absolute Gasteiger partial charge is 0.407 e. The number of carbonyl (C=O) groups excluding carboxylic acids is 3. The zero-order valence-corrected chi connectivity index (χ0v) is 24.0. The van der Waals surface area contributed by atoms with Crippen LogP contribution < -0.4 is 10.4 Å². The third-order valence-corrected chi connectivity index (χ3v) is 8.58. The molecule has 1 aliphatic carbocycles. The summed E-state index contributed by atoms with van der Waals surface area (Å²) in [5, 5.41) is 5.25. The summed E-state index contributed by atoms with van der Waals surface area (Å²) in [6.45, 7) is 5.13. The number of ether oxygens (including phenoxy) is 2. The quantitative estimate of drug-likeness (QED) is 0.307. The van der Waals surface area contributed by atoms with Crippen LogP contribution in [0.5, 0.6) is 0 Å². The van der Waals surface area contributed by atoms with Crippen LogP contribution in [-0.2, 0) is 56.7 Å². The van der Waals surface area contributed by atoms with Crippen LogP contribution in [0.3, 0.4) is 0 Å². The summed E-state index contributed by atoms with van der Waals surface area (Å²) in [5.74, 6) is -1.56. The number of rotatable bonds is 11. The summed E-state index contributed by atoms with van der Waals surface area (Å²) in [6.07, 6.45) is 0.550. The Balaban J connectivity index is 1.22. The van der Waals surface area contributed by atoms with Gasteiger partial charge in [0, 0.05) is 31.2 Å². The number of esters is 2. The first-order valence-corrected chi connectivity index (χ1v) is 15.0. The zero-order valence-electron chi connectivity index (χ0n) is 23.1. The van der Waals surface area contributed by atoms with Gasteiger partial charge in [0.2, 0.25) is 5.91 Å². The normalized spacial score (nSPS) is 22.6. The number of fused-ring (bicyclic) bond motifs is 1. The van der Waals surface area contributed by atoms with Crippen LogP contribution in [0.1, 0.15) is 43.9 Å². The molecule has 0 bridgehead atoms. The molecule has 1 amide bonds. The number of amides is 1. The molecule has 1 heterocycles. The van der Waals surface area contributed by atoms with Gasteiger partial charge in [-0.25, -0.2) is 9.65 Å². The fourth-order valence-electron chi connectivity index (χ4n) is 4.67. The summed E-state index contributed by atoms with van der Waals surface area (Å²) >= 11 is 0. The Hall–Kier alpha value is -3.04. The first kappa shape index (κ1) is 29.9. The predicted molar refractivity (Wildman–Crippen MR) is 147 cm³/mol. The molecule has 2 N–H and O–H groups in total. The maximum Gasteiger partial charge on any atom is 0.407 e. The molecule has 10 nitrogen and oxygen atoms in total. The Labute approximate surface area is 234 Å². The van der Waals surface area contributed by atoms with Crippen LogP contribution in [0.25, 0.3) is 0 Å². The Kier molecular flexibility index (Phi) is 9.79. The third-order valence-electron chi connectivity index (χ3n) is 6.92. The van der Waals surface area contributed by atoms with Crippen LogP contribution in [0.2, 0.25) is 0 Å². The van der Waals surface area contributed by atoms with Crippen molar-refractivity contribution >= 4 is 25.6 Å². The zero-order chi connectivity index (χ0) is 28.8. The molecule has 3 atom stereocenters.